The number of hydroxylamine groups is 2. The van der Waals surface area contributed by atoms with E-state index in [0.29, 0.717) is 27.9 Å². The second kappa shape index (κ2) is 6.06. The van der Waals surface area contributed by atoms with Crippen LogP contribution in [0.15, 0.2) is 27.8 Å². The highest BCUT2D eigenvalue weighted by atomic mass is 32.2. The maximum Gasteiger partial charge on any atom is 0.281 e. The molecule has 1 amide bonds. The smallest absolute Gasteiger partial charge is 0.281 e. The van der Waals surface area contributed by atoms with E-state index in [2.05, 4.69) is 9.97 Å². The molecular formula is C13H15N3O3S. The Kier molecular flexibility index (Phi) is 4.41. The second-order valence-corrected chi connectivity index (χ2v) is 4.77. The van der Waals surface area contributed by atoms with Crippen LogP contribution in [-0.2, 0) is 4.84 Å². The minimum absolute atomic E-state index is 0.277. The van der Waals surface area contributed by atoms with Gasteiger partial charge in [-0.25, -0.2) is 15.0 Å². The lowest BCUT2D eigenvalue weighted by Gasteiger charge is -2.16. The molecule has 0 saturated carbocycles. The number of furan rings is 1. The summed E-state index contributed by atoms with van der Waals surface area (Å²) in [6.45, 7) is 1.77. The highest BCUT2D eigenvalue weighted by Crippen LogP contribution is 2.25. The Balaban J connectivity index is 2.52. The molecule has 0 radical (unpaired) electrons. The number of carbonyl (C=O) groups excluding carboxylic acids is 1. The number of amides is 1. The summed E-state index contributed by atoms with van der Waals surface area (Å²) in [7, 11) is 2.98. The van der Waals surface area contributed by atoms with E-state index < -0.39 is 0 Å². The number of hydrogen-bond donors (Lipinski definition) is 0. The average molecular weight is 293 g/mol. The maximum absolute atomic E-state index is 12.3. The lowest BCUT2D eigenvalue weighted by Crippen LogP contribution is -2.27. The summed E-state index contributed by atoms with van der Waals surface area (Å²) in [4.78, 5) is 25.9. The molecule has 0 aromatic carbocycles. The summed E-state index contributed by atoms with van der Waals surface area (Å²) in [6.07, 6.45) is 3.42. The van der Waals surface area contributed by atoms with Crippen LogP contribution in [0.25, 0.3) is 11.6 Å². The monoisotopic (exact) mass is 293 g/mol. The molecule has 6 nitrogen and oxygen atoms in total. The molecule has 2 aromatic heterocycles. The van der Waals surface area contributed by atoms with Crippen molar-refractivity contribution < 1.29 is 14.0 Å². The van der Waals surface area contributed by atoms with Crippen molar-refractivity contribution in [2.75, 3.05) is 20.4 Å². The molecule has 0 fully saturated rings. The van der Waals surface area contributed by atoms with Gasteiger partial charge in [-0.05, 0) is 25.3 Å². The van der Waals surface area contributed by atoms with Gasteiger partial charge in [0.1, 0.15) is 5.03 Å². The summed E-state index contributed by atoms with van der Waals surface area (Å²) in [5.41, 5.74) is 1.03. The first-order chi connectivity index (χ1) is 9.58. The number of carbonyl (C=O) groups is 1. The van der Waals surface area contributed by atoms with E-state index in [-0.39, 0.29) is 5.91 Å². The van der Waals surface area contributed by atoms with Gasteiger partial charge in [0.25, 0.3) is 5.91 Å². The van der Waals surface area contributed by atoms with E-state index in [0.717, 1.165) is 5.06 Å². The summed E-state index contributed by atoms with van der Waals surface area (Å²) in [5, 5.41) is 1.75. The Hall–Kier alpha value is -1.86. The summed E-state index contributed by atoms with van der Waals surface area (Å²) >= 11 is 1.38. The third kappa shape index (κ3) is 2.68. The first-order valence-electron chi connectivity index (χ1n) is 5.87. The van der Waals surface area contributed by atoms with E-state index >= 15 is 0 Å². The van der Waals surface area contributed by atoms with Crippen LogP contribution in [-0.4, -0.2) is 41.4 Å². The second-order valence-electron chi connectivity index (χ2n) is 3.98. The lowest BCUT2D eigenvalue weighted by molar-refractivity contribution is -0.0760. The van der Waals surface area contributed by atoms with Crippen molar-refractivity contribution in [3.8, 4) is 11.6 Å². The van der Waals surface area contributed by atoms with Gasteiger partial charge in [0.15, 0.2) is 11.6 Å². The van der Waals surface area contributed by atoms with Crippen LogP contribution >= 0.6 is 11.8 Å². The Bertz CT molecular complexity index is 614. The Morgan fingerprint density at radius 2 is 2.20 bits per heavy atom. The molecule has 106 valence electrons. The van der Waals surface area contributed by atoms with Crippen molar-refractivity contribution in [1.29, 1.82) is 0 Å². The van der Waals surface area contributed by atoms with Gasteiger partial charge >= 0.3 is 0 Å². The molecule has 2 heterocycles. The molecule has 0 aliphatic heterocycles. The van der Waals surface area contributed by atoms with Crippen LogP contribution in [0.4, 0.5) is 0 Å². The predicted octanol–water partition coefficient (Wildman–Crippen LogP) is 2.40. The van der Waals surface area contributed by atoms with E-state index in [9.17, 15) is 4.79 Å². The Morgan fingerprint density at radius 1 is 1.45 bits per heavy atom. The zero-order chi connectivity index (χ0) is 14.7. The molecular weight excluding hydrogens is 278 g/mol. The zero-order valence-corrected chi connectivity index (χ0v) is 12.5. The SMILES string of the molecule is CON(C)C(=O)c1c(C)nc(-c2ccco2)nc1SC. The molecule has 0 unspecified atom stereocenters. The average Bonchev–Trinajstić information content (AvgIpc) is 2.98. The largest absolute Gasteiger partial charge is 0.461 e. The number of aromatic nitrogens is 2. The molecule has 0 spiro atoms. The fraction of sp³-hybridized carbons (Fsp3) is 0.308. The van der Waals surface area contributed by atoms with Crippen molar-refractivity contribution in [1.82, 2.24) is 15.0 Å². The normalized spacial score (nSPS) is 10.6. The van der Waals surface area contributed by atoms with Crippen molar-refractivity contribution in [3.63, 3.8) is 0 Å². The van der Waals surface area contributed by atoms with Gasteiger partial charge in [-0.1, -0.05) is 0 Å². The van der Waals surface area contributed by atoms with Crippen LogP contribution in [0.1, 0.15) is 16.1 Å². The fourth-order valence-electron chi connectivity index (χ4n) is 1.70. The van der Waals surface area contributed by atoms with Gasteiger partial charge < -0.3 is 4.42 Å². The van der Waals surface area contributed by atoms with Crippen LogP contribution < -0.4 is 0 Å². The van der Waals surface area contributed by atoms with Gasteiger partial charge in [-0.3, -0.25) is 9.63 Å². The molecule has 0 aliphatic carbocycles. The molecule has 20 heavy (non-hydrogen) atoms. The third-order valence-corrected chi connectivity index (χ3v) is 3.45. The van der Waals surface area contributed by atoms with Crippen LogP contribution in [0, 0.1) is 6.92 Å². The van der Waals surface area contributed by atoms with E-state index in [4.69, 9.17) is 9.25 Å². The molecule has 2 rings (SSSR count). The van der Waals surface area contributed by atoms with Crippen LogP contribution in [0.2, 0.25) is 0 Å². The Morgan fingerprint density at radius 3 is 2.75 bits per heavy atom. The van der Waals surface area contributed by atoms with E-state index in [1.165, 1.54) is 18.9 Å². The summed E-state index contributed by atoms with van der Waals surface area (Å²) in [6, 6.07) is 3.55. The Labute approximate surface area is 121 Å². The van der Waals surface area contributed by atoms with E-state index in [1.54, 1.807) is 32.4 Å². The van der Waals surface area contributed by atoms with Gasteiger partial charge in [0.2, 0.25) is 0 Å². The van der Waals surface area contributed by atoms with Gasteiger partial charge in [0, 0.05) is 7.05 Å². The quantitative estimate of drug-likeness (QED) is 0.490. The first kappa shape index (κ1) is 14.5. The van der Waals surface area contributed by atoms with Crippen molar-refractivity contribution in [3.05, 3.63) is 29.7 Å². The summed E-state index contributed by atoms with van der Waals surface area (Å²) < 4.78 is 5.29. The molecule has 0 bridgehead atoms. The minimum Gasteiger partial charge on any atom is -0.461 e. The third-order valence-electron chi connectivity index (χ3n) is 2.77. The van der Waals surface area contributed by atoms with Crippen LogP contribution in [0.5, 0.6) is 0 Å². The summed E-state index contributed by atoms with van der Waals surface area (Å²) in [5.74, 6) is 0.760. The molecule has 0 N–H and O–H groups in total. The van der Waals surface area contributed by atoms with Crippen molar-refractivity contribution in [2.45, 2.75) is 11.9 Å². The highest BCUT2D eigenvalue weighted by molar-refractivity contribution is 7.98. The molecule has 0 atom stereocenters. The minimum atomic E-state index is -0.277. The molecule has 0 aliphatic rings. The highest BCUT2D eigenvalue weighted by Gasteiger charge is 2.22. The van der Waals surface area contributed by atoms with Crippen LogP contribution in [0.3, 0.4) is 0 Å². The molecule has 2 aromatic rings. The number of aryl methyl sites for hydroxylation is 1. The predicted molar refractivity (Wildman–Crippen MR) is 75.4 cm³/mol. The van der Waals surface area contributed by atoms with E-state index in [1.807, 2.05) is 6.26 Å². The number of rotatable bonds is 4. The standard InChI is InChI=1S/C13H15N3O3S/c1-8-10(13(17)16(2)18-3)12(20-4)15-11(14-8)9-6-5-7-19-9/h5-7H,1-4H3. The topological polar surface area (TPSA) is 68.5 Å². The maximum atomic E-state index is 12.3. The zero-order valence-electron chi connectivity index (χ0n) is 11.7. The number of nitrogens with zero attached hydrogens (tertiary/aromatic N) is 3. The van der Waals surface area contributed by atoms with Crippen molar-refractivity contribution in [2.24, 2.45) is 0 Å². The molecule has 7 heteroatoms. The molecule has 0 saturated heterocycles. The first-order valence-corrected chi connectivity index (χ1v) is 7.09. The van der Waals surface area contributed by atoms with Gasteiger partial charge in [-0.2, -0.15) is 0 Å². The fourth-order valence-corrected chi connectivity index (χ4v) is 2.31. The lowest BCUT2D eigenvalue weighted by atomic mass is 10.2. The van der Waals surface area contributed by atoms with Crippen molar-refractivity contribution >= 4 is 17.7 Å². The van der Waals surface area contributed by atoms with Gasteiger partial charge in [-0.15, -0.1) is 11.8 Å². The van der Waals surface area contributed by atoms with Gasteiger partial charge in [0.05, 0.1) is 24.6 Å². The number of hydrogen-bond acceptors (Lipinski definition) is 6. The number of thioether (sulfide) groups is 1.